The Labute approximate surface area is 184 Å². The molecule has 3 fully saturated rings. The molecule has 5 rings (SSSR count). The summed E-state index contributed by atoms with van der Waals surface area (Å²) < 4.78 is 18.0. The van der Waals surface area contributed by atoms with Crippen LogP contribution in [0.25, 0.3) is 0 Å². The number of rotatable bonds is 4. The van der Waals surface area contributed by atoms with E-state index in [0.717, 1.165) is 23.7 Å². The van der Waals surface area contributed by atoms with E-state index in [1.807, 2.05) is 14.0 Å². The zero-order chi connectivity index (χ0) is 20.8. The minimum atomic E-state index is 0.0375. The van der Waals surface area contributed by atoms with Crippen molar-refractivity contribution in [1.82, 2.24) is 4.90 Å². The van der Waals surface area contributed by atoms with Crippen molar-refractivity contribution in [2.75, 3.05) is 26.8 Å². The number of carbonyl (C=O) groups excluding carboxylic acids is 1. The zero-order valence-corrected chi connectivity index (χ0v) is 18.7. The van der Waals surface area contributed by atoms with Crippen LogP contribution in [-0.4, -0.2) is 56.2 Å². The molecule has 164 valence electrons. The number of hydrogen-bond donors (Lipinski definition) is 0. The van der Waals surface area contributed by atoms with E-state index in [2.05, 4.69) is 4.90 Å². The molecule has 1 aromatic rings. The van der Waals surface area contributed by atoms with Gasteiger partial charge in [-0.25, -0.2) is 0 Å². The molecule has 2 aliphatic carbocycles. The van der Waals surface area contributed by atoms with Crippen molar-refractivity contribution in [3.8, 4) is 11.5 Å². The van der Waals surface area contributed by atoms with Gasteiger partial charge < -0.3 is 14.2 Å². The highest BCUT2D eigenvalue weighted by molar-refractivity contribution is 6.32. The first-order chi connectivity index (χ1) is 14.6. The van der Waals surface area contributed by atoms with Gasteiger partial charge in [0, 0.05) is 37.4 Å². The van der Waals surface area contributed by atoms with Crippen LogP contribution in [0.2, 0.25) is 5.02 Å². The fourth-order valence-electron chi connectivity index (χ4n) is 6.31. The summed E-state index contributed by atoms with van der Waals surface area (Å²) in [5, 5.41) is 0.454. The number of benzene rings is 1. The van der Waals surface area contributed by atoms with Crippen molar-refractivity contribution in [3.05, 3.63) is 22.2 Å². The van der Waals surface area contributed by atoms with Crippen molar-refractivity contribution in [2.24, 2.45) is 17.8 Å². The van der Waals surface area contributed by atoms with Gasteiger partial charge in [-0.2, -0.15) is 0 Å². The average Bonchev–Trinajstić information content (AvgIpc) is 3.35. The molecule has 0 amide bonds. The number of methoxy groups -OCH3 is 1. The van der Waals surface area contributed by atoms with Crippen molar-refractivity contribution in [1.29, 1.82) is 0 Å². The smallest absolute Gasteiger partial charge is 0.180 e. The van der Waals surface area contributed by atoms with Crippen LogP contribution in [0.4, 0.5) is 0 Å². The second-order valence-electron chi connectivity index (χ2n) is 9.69. The number of ether oxygens (including phenoxy) is 3. The SMILES string of the molecule is COC1CC2CN(C3CCC([C@H]4COc5c(Cl)cc(C=O)c(C)c5O4)CC3)CC2C1. The van der Waals surface area contributed by atoms with E-state index >= 15 is 0 Å². The molecular weight excluding hydrogens is 402 g/mol. The molecule has 30 heavy (non-hydrogen) atoms. The third-order valence-corrected chi connectivity index (χ3v) is 8.40. The second-order valence-corrected chi connectivity index (χ2v) is 10.1. The normalized spacial score (nSPS) is 36.0. The van der Waals surface area contributed by atoms with Crippen LogP contribution >= 0.6 is 11.6 Å². The molecule has 1 saturated heterocycles. The van der Waals surface area contributed by atoms with Gasteiger partial charge in [0.25, 0.3) is 0 Å². The van der Waals surface area contributed by atoms with Crippen LogP contribution in [-0.2, 0) is 4.74 Å². The summed E-state index contributed by atoms with van der Waals surface area (Å²) in [6, 6.07) is 2.38. The largest absolute Gasteiger partial charge is 0.484 e. The summed E-state index contributed by atoms with van der Waals surface area (Å²) in [5.74, 6) is 3.40. The second kappa shape index (κ2) is 8.33. The van der Waals surface area contributed by atoms with Gasteiger partial charge in [-0.05, 0) is 69.3 Å². The predicted octanol–water partition coefficient (Wildman–Crippen LogP) is 4.52. The van der Waals surface area contributed by atoms with E-state index in [-0.39, 0.29) is 6.10 Å². The quantitative estimate of drug-likeness (QED) is 0.653. The lowest BCUT2D eigenvalue weighted by Crippen LogP contribution is -2.43. The summed E-state index contributed by atoms with van der Waals surface area (Å²) in [4.78, 5) is 14.1. The lowest BCUT2D eigenvalue weighted by Gasteiger charge is -2.39. The summed E-state index contributed by atoms with van der Waals surface area (Å²) in [6.45, 7) is 4.94. The fraction of sp³-hybridized carbons (Fsp3) is 0.708. The first-order valence-electron chi connectivity index (χ1n) is 11.4. The van der Waals surface area contributed by atoms with Gasteiger partial charge in [-0.15, -0.1) is 0 Å². The zero-order valence-electron chi connectivity index (χ0n) is 17.9. The highest BCUT2D eigenvalue weighted by atomic mass is 35.5. The summed E-state index contributed by atoms with van der Waals surface area (Å²) in [7, 11) is 1.86. The topological polar surface area (TPSA) is 48.0 Å². The maximum atomic E-state index is 11.4. The third-order valence-electron chi connectivity index (χ3n) is 8.12. The van der Waals surface area contributed by atoms with Gasteiger partial charge in [0.2, 0.25) is 0 Å². The average molecular weight is 434 g/mol. The molecule has 2 saturated carbocycles. The number of nitrogens with zero attached hydrogens (tertiary/aromatic N) is 1. The Morgan fingerprint density at radius 3 is 2.43 bits per heavy atom. The van der Waals surface area contributed by atoms with Gasteiger partial charge in [-0.1, -0.05) is 11.6 Å². The van der Waals surface area contributed by atoms with E-state index in [9.17, 15) is 4.79 Å². The van der Waals surface area contributed by atoms with Gasteiger partial charge in [0.05, 0.1) is 11.1 Å². The molecule has 5 nitrogen and oxygen atoms in total. The van der Waals surface area contributed by atoms with E-state index in [1.165, 1.54) is 51.6 Å². The Morgan fingerprint density at radius 2 is 1.80 bits per heavy atom. The lowest BCUT2D eigenvalue weighted by atomic mass is 9.82. The molecule has 3 atom stereocenters. The number of hydrogen-bond acceptors (Lipinski definition) is 5. The highest BCUT2D eigenvalue weighted by Crippen LogP contribution is 2.46. The van der Waals surface area contributed by atoms with Crippen LogP contribution in [0.15, 0.2) is 6.07 Å². The summed E-state index contributed by atoms with van der Waals surface area (Å²) in [5.41, 5.74) is 1.39. The van der Waals surface area contributed by atoms with E-state index in [4.69, 9.17) is 25.8 Å². The molecule has 0 aromatic heterocycles. The van der Waals surface area contributed by atoms with Crippen LogP contribution < -0.4 is 9.47 Å². The number of carbonyl (C=O) groups is 1. The molecule has 0 radical (unpaired) electrons. The third kappa shape index (κ3) is 3.63. The molecule has 1 aromatic carbocycles. The number of likely N-dealkylation sites (tertiary alicyclic amines) is 1. The Kier molecular flexibility index (Phi) is 5.72. The van der Waals surface area contributed by atoms with Gasteiger partial charge >= 0.3 is 0 Å². The maximum Gasteiger partial charge on any atom is 0.180 e. The van der Waals surface area contributed by atoms with Crippen molar-refractivity contribution < 1.29 is 19.0 Å². The minimum Gasteiger partial charge on any atom is -0.484 e. The molecular formula is C24H32ClNO4. The first kappa shape index (κ1) is 20.6. The number of aldehydes is 1. The minimum absolute atomic E-state index is 0.0375. The molecule has 2 unspecified atom stereocenters. The van der Waals surface area contributed by atoms with E-state index in [1.54, 1.807) is 6.07 Å². The Balaban J connectivity index is 1.18. The lowest BCUT2D eigenvalue weighted by molar-refractivity contribution is 0.0202. The van der Waals surface area contributed by atoms with Gasteiger partial charge in [0.1, 0.15) is 12.7 Å². The van der Waals surface area contributed by atoms with Crippen LogP contribution in [0.1, 0.15) is 54.4 Å². The predicted molar refractivity (Wildman–Crippen MR) is 116 cm³/mol. The molecule has 2 heterocycles. The van der Waals surface area contributed by atoms with Crippen LogP contribution in [0.3, 0.4) is 0 Å². The van der Waals surface area contributed by atoms with Gasteiger partial charge in [-0.3, -0.25) is 9.69 Å². The van der Waals surface area contributed by atoms with Crippen molar-refractivity contribution in [2.45, 2.75) is 63.7 Å². The first-order valence-corrected chi connectivity index (χ1v) is 11.8. The van der Waals surface area contributed by atoms with Crippen molar-refractivity contribution in [3.63, 3.8) is 0 Å². The Bertz CT molecular complexity index is 793. The molecule has 0 bridgehead atoms. The Hall–Kier alpha value is -1.30. The highest BCUT2D eigenvalue weighted by Gasteiger charge is 2.44. The molecule has 2 aliphatic heterocycles. The summed E-state index contributed by atoms with van der Waals surface area (Å²) >= 11 is 6.30. The van der Waals surface area contributed by atoms with Crippen molar-refractivity contribution >= 4 is 17.9 Å². The summed E-state index contributed by atoms with van der Waals surface area (Å²) in [6.07, 6.45) is 8.64. The van der Waals surface area contributed by atoms with Gasteiger partial charge in [0.15, 0.2) is 17.8 Å². The molecule has 0 N–H and O–H groups in total. The fourth-order valence-corrected chi connectivity index (χ4v) is 6.57. The monoisotopic (exact) mass is 433 g/mol. The Morgan fingerprint density at radius 1 is 1.10 bits per heavy atom. The van der Waals surface area contributed by atoms with Crippen LogP contribution in [0, 0.1) is 24.7 Å². The number of halogens is 1. The molecule has 6 heteroatoms. The maximum absolute atomic E-state index is 11.4. The molecule has 4 aliphatic rings. The van der Waals surface area contributed by atoms with E-state index < -0.39 is 0 Å². The van der Waals surface area contributed by atoms with Crippen LogP contribution in [0.5, 0.6) is 11.5 Å². The standard InChI is InChI=1S/C24H32ClNO4/c1-14-18(12-27)9-21(25)24-23(14)30-22(13-29-24)15-3-5-19(6-4-15)26-10-16-7-20(28-2)8-17(16)11-26/h9,12,15-17,19-20,22H,3-8,10-11,13H2,1-2H3/t15?,16?,17?,19?,20?,22-/m1/s1. The molecule has 0 spiro atoms. The number of fused-ring (bicyclic) bond motifs is 2. The van der Waals surface area contributed by atoms with E-state index in [0.29, 0.717) is 46.8 Å².